The molecule has 0 spiro atoms. The Labute approximate surface area is 116 Å². The van der Waals surface area contributed by atoms with Crippen LogP contribution in [0.5, 0.6) is 0 Å². The van der Waals surface area contributed by atoms with Gasteiger partial charge in [0.2, 0.25) is 5.82 Å². The molecule has 7 nitrogen and oxygen atoms in total. The summed E-state index contributed by atoms with van der Waals surface area (Å²) in [5.74, 6) is 0.323. The molecule has 3 rings (SSSR count). The molecule has 0 saturated carbocycles. The van der Waals surface area contributed by atoms with E-state index in [1.165, 1.54) is 18.7 Å². The molecule has 1 aromatic rings. The lowest BCUT2D eigenvalue weighted by molar-refractivity contribution is -0.384. The highest BCUT2D eigenvalue weighted by atomic mass is 16.6. The third-order valence-electron chi connectivity index (χ3n) is 4.03. The van der Waals surface area contributed by atoms with Crippen molar-refractivity contribution >= 4 is 11.5 Å². The van der Waals surface area contributed by atoms with Crippen LogP contribution in [0, 0.1) is 21.4 Å². The molecule has 0 radical (unpaired) electrons. The second kappa shape index (κ2) is 5.06. The zero-order valence-corrected chi connectivity index (χ0v) is 11.0. The van der Waals surface area contributed by atoms with Crippen molar-refractivity contribution in [1.82, 2.24) is 10.3 Å². The van der Waals surface area contributed by atoms with E-state index in [9.17, 15) is 10.1 Å². The van der Waals surface area contributed by atoms with E-state index in [1.54, 1.807) is 0 Å². The maximum atomic E-state index is 11.3. The predicted molar refractivity (Wildman–Crippen MR) is 72.4 cm³/mol. The van der Waals surface area contributed by atoms with Gasteiger partial charge >= 0.3 is 5.69 Å². The number of aromatic nitrogens is 1. The van der Waals surface area contributed by atoms with Crippen LogP contribution >= 0.6 is 0 Å². The lowest BCUT2D eigenvalue weighted by atomic mass is 10.1. The first-order chi connectivity index (χ1) is 9.69. The molecule has 0 amide bonds. The van der Waals surface area contributed by atoms with E-state index in [2.05, 4.69) is 10.3 Å². The van der Waals surface area contributed by atoms with E-state index in [1.807, 2.05) is 11.0 Å². The third kappa shape index (κ3) is 2.18. The first-order valence-corrected chi connectivity index (χ1v) is 6.73. The molecule has 3 heterocycles. The van der Waals surface area contributed by atoms with E-state index < -0.39 is 4.92 Å². The van der Waals surface area contributed by atoms with Gasteiger partial charge in [-0.25, -0.2) is 4.98 Å². The Balaban J connectivity index is 1.97. The number of hydrogen-bond donors (Lipinski definition) is 1. The first-order valence-electron chi connectivity index (χ1n) is 6.73. The van der Waals surface area contributed by atoms with Gasteiger partial charge in [-0.05, 0) is 25.3 Å². The maximum absolute atomic E-state index is 11.3. The van der Waals surface area contributed by atoms with Crippen LogP contribution < -0.4 is 10.2 Å². The van der Waals surface area contributed by atoms with E-state index in [0.29, 0.717) is 24.4 Å². The summed E-state index contributed by atoms with van der Waals surface area (Å²) in [6.45, 7) is 1.44. The topological polar surface area (TPSA) is 95.1 Å². The van der Waals surface area contributed by atoms with Crippen molar-refractivity contribution in [3.63, 3.8) is 0 Å². The van der Waals surface area contributed by atoms with Crippen molar-refractivity contribution in [1.29, 1.82) is 5.26 Å². The van der Waals surface area contributed by atoms with Crippen molar-refractivity contribution in [2.24, 2.45) is 0 Å². The van der Waals surface area contributed by atoms with Crippen LogP contribution in [0.3, 0.4) is 0 Å². The average Bonchev–Trinajstić information content (AvgIpc) is 2.77. The van der Waals surface area contributed by atoms with Gasteiger partial charge in [-0.15, -0.1) is 0 Å². The van der Waals surface area contributed by atoms with Crippen LogP contribution in [-0.2, 0) is 0 Å². The van der Waals surface area contributed by atoms with E-state index in [-0.39, 0.29) is 11.3 Å². The van der Waals surface area contributed by atoms with Gasteiger partial charge in [-0.1, -0.05) is 0 Å². The molecular formula is C13H15N5O2. The fraction of sp³-hybridized carbons (Fsp3) is 0.538. The van der Waals surface area contributed by atoms with Crippen molar-refractivity contribution in [3.8, 4) is 6.07 Å². The van der Waals surface area contributed by atoms with Crippen LogP contribution in [0.15, 0.2) is 12.3 Å². The third-order valence-corrected chi connectivity index (χ3v) is 4.03. The monoisotopic (exact) mass is 273 g/mol. The highest BCUT2D eigenvalue weighted by Crippen LogP contribution is 2.31. The van der Waals surface area contributed by atoms with Crippen LogP contribution in [0.1, 0.15) is 24.8 Å². The Morgan fingerprint density at radius 1 is 1.45 bits per heavy atom. The Morgan fingerprint density at radius 3 is 3.00 bits per heavy atom. The summed E-state index contributed by atoms with van der Waals surface area (Å²) in [4.78, 5) is 16.9. The summed E-state index contributed by atoms with van der Waals surface area (Å²) >= 11 is 0. The normalized spacial score (nSPS) is 25.1. The number of anilines is 1. The molecule has 7 heteroatoms. The summed E-state index contributed by atoms with van der Waals surface area (Å²) in [5.41, 5.74) is -0.102. The van der Waals surface area contributed by atoms with Gasteiger partial charge < -0.3 is 10.2 Å². The van der Waals surface area contributed by atoms with Crippen LogP contribution in [0.2, 0.25) is 0 Å². The molecule has 2 unspecified atom stereocenters. The fourth-order valence-electron chi connectivity index (χ4n) is 3.08. The van der Waals surface area contributed by atoms with Crippen LogP contribution in [-0.4, -0.2) is 35.1 Å². The summed E-state index contributed by atoms with van der Waals surface area (Å²) in [5, 5.41) is 23.8. The predicted octanol–water partition coefficient (Wildman–Crippen LogP) is 1.19. The molecule has 2 saturated heterocycles. The minimum Gasteiger partial charge on any atom is -0.349 e. The lowest BCUT2D eigenvalue weighted by Gasteiger charge is -2.24. The van der Waals surface area contributed by atoms with Gasteiger partial charge in [-0.3, -0.25) is 10.1 Å². The second-order valence-corrected chi connectivity index (χ2v) is 5.27. The fourth-order valence-corrected chi connectivity index (χ4v) is 3.08. The van der Waals surface area contributed by atoms with Crippen molar-refractivity contribution in [2.45, 2.75) is 31.3 Å². The molecule has 104 valence electrons. The summed E-state index contributed by atoms with van der Waals surface area (Å²) in [6.07, 6.45) is 4.68. The Hall–Kier alpha value is -2.20. The van der Waals surface area contributed by atoms with Crippen molar-refractivity contribution in [3.05, 3.63) is 27.9 Å². The maximum Gasteiger partial charge on any atom is 0.329 e. The molecule has 20 heavy (non-hydrogen) atoms. The van der Waals surface area contributed by atoms with E-state index in [4.69, 9.17) is 5.26 Å². The molecule has 2 aliphatic heterocycles. The first kappa shape index (κ1) is 12.8. The molecule has 1 N–H and O–H groups in total. The van der Waals surface area contributed by atoms with Crippen molar-refractivity contribution in [2.75, 3.05) is 18.0 Å². The quantitative estimate of drug-likeness (QED) is 0.642. The van der Waals surface area contributed by atoms with Crippen LogP contribution in [0.4, 0.5) is 11.5 Å². The number of nitro groups is 1. The Kier molecular flexibility index (Phi) is 3.24. The largest absolute Gasteiger partial charge is 0.349 e. The number of rotatable bonds is 2. The number of hydrogen-bond acceptors (Lipinski definition) is 6. The minimum absolute atomic E-state index is 0.0716. The highest BCUT2D eigenvalue weighted by Gasteiger charge is 2.33. The standard InChI is InChI=1S/C13H15N5O2/c14-7-9-3-5-15-13(12(9)18(19)20)17-6-4-10-1-2-11(8-17)16-10/h3,5,10-11,16H,1-2,4,6,8H2. The second-order valence-electron chi connectivity index (χ2n) is 5.27. The van der Waals surface area contributed by atoms with E-state index >= 15 is 0 Å². The van der Waals surface area contributed by atoms with E-state index in [0.717, 1.165) is 19.4 Å². The minimum atomic E-state index is -0.503. The number of nitriles is 1. The highest BCUT2D eigenvalue weighted by molar-refractivity contribution is 5.65. The average molecular weight is 273 g/mol. The number of nitrogens with one attached hydrogen (secondary N) is 1. The summed E-state index contributed by atoms with van der Waals surface area (Å²) < 4.78 is 0. The van der Waals surface area contributed by atoms with Gasteiger partial charge in [0.05, 0.1) is 4.92 Å². The SMILES string of the molecule is N#Cc1ccnc(N2CCC3CCC(C2)N3)c1[N+](=O)[O-]. The number of nitrogens with zero attached hydrogens (tertiary/aromatic N) is 4. The van der Waals surface area contributed by atoms with Gasteiger partial charge in [0.25, 0.3) is 0 Å². The number of fused-ring (bicyclic) bond motifs is 2. The molecule has 0 aromatic carbocycles. The molecule has 2 fully saturated rings. The van der Waals surface area contributed by atoms with Gasteiger partial charge in [0.15, 0.2) is 0 Å². The summed E-state index contributed by atoms with van der Waals surface area (Å²) in [6, 6.07) is 4.13. The Bertz CT molecular complexity index is 583. The smallest absolute Gasteiger partial charge is 0.329 e. The zero-order valence-electron chi connectivity index (χ0n) is 11.0. The lowest BCUT2D eigenvalue weighted by Crippen LogP contribution is -2.36. The van der Waals surface area contributed by atoms with Crippen LogP contribution in [0.25, 0.3) is 0 Å². The Morgan fingerprint density at radius 2 is 2.25 bits per heavy atom. The van der Waals surface area contributed by atoms with Crippen molar-refractivity contribution < 1.29 is 4.92 Å². The summed E-state index contributed by atoms with van der Waals surface area (Å²) in [7, 11) is 0. The molecule has 2 atom stereocenters. The zero-order chi connectivity index (χ0) is 14.1. The number of pyridine rings is 1. The van der Waals surface area contributed by atoms with Gasteiger partial charge in [-0.2, -0.15) is 5.26 Å². The molecular weight excluding hydrogens is 258 g/mol. The molecule has 2 aliphatic rings. The van der Waals surface area contributed by atoms with Gasteiger partial charge in [0, 0.05) is 31.4 Å². The molecule has 0 aliphatic carbocycles. The molecule has 1 aromatic heterocycles. The molecule has 2 bridgehead atoms. The van der Waals surface area contributed by atoms with Gasteiger partial charge in [0.1, 0.15) is 11.6 Å².